The Morgan fingerprint density at radius 2 is 2.21 bits per heavy atom. The molecule has 76 valence electrons. The minimum Gasteiger partial charge on any atom is -0.299 e. The highest BCUT2D eigenvalue weighted by Crippen LogP contribution is 2.57. The highest BCUT2D eigenvalue weighted by molar-refractivity contribution is 5.89. The van der Waals surface area contributed by atoms with Crippen LogP contribution in [0.25, 0.3) is 0 Å². The van der Waals surface area contributed by atoms with Gasteiger partial charge >= 0.3 is 0 Å². The summed E-state index contributed by atoms with van der Waals surface area (Å²) in [6.45, 7) is 4.25. The van der Waals surface area contributed by atoms with E-state index in [1.165, 1.54) is 12.8 Å². The summed E-state index contributed by atoms with van der Waals surface area (Å²) < 4.78 is 0. The van der Waals surface area contributed by atoms with Gasteiger partial charge in [-0.2, -0.15) is 0 Å². The van der Waals surface area contributed by atoms with Crippen molar-refractivity contribution >= 4 is 5.78 Å². The molecule has 0 amide bonds. The van der Waals surface area contributed by atoms with Crippen molar-refractivity contribution in [3.63, 3.8) is 0 Å². The summed E-state index contributed by atoms with van der Waals surface area (Å²) in [5.41, 5.74) is -0.0310. The average Bonchev–Trinajstić information content (AvgIpc) is 2.70. The van der Waals surface area contributed by atoms with E-state index in [1.54, 1.807) is 0 Å². The Bertz CT molecular complexity index is 313. The maximum absolute atomic E-state index is 12.1. The van der Waals surface area contributed by atoms with E-state index in [9.17, 15) is 4.79 Å². The zero-order valence-corrected chi connectivity index (χ0v) is 8.99. The Kier molecular flexibility index (Phi) is 1.55. The van der Waals surface area contributed by atoms with Crippen molar-refractivity contribution in [2.75, 3.05) is 0 Å². The maximum atomic E-state index is 12.1. The molecule has 0 aliphatic heterocycles. The monoisotopic (exact) mass is 190 g/mol. The number of allylic oxidation sites excluding steroid dienone is 2. The van der Waals surface area contributed by atoms with Crippen LogP contribution in [0.3, 0.4) is 0 Å². The maximum Gasteiger partial charge on any atom is 0.141 e. The molecular weight excluding hydrogens is 172 g/mol. The first-order valence-electron chi connectivity index (χ1n) is 5.80. The van der Waals surface area contributed by atoms with E-state index in [0.717, 1.165) is 18.3 Å². The van der Waals surface area contributed by atoms with Gasteiger partial charge in [-0.15, -0.1) is 0 Å². The predicted octanol–water partition coefficient (Wildman–Crippen LogP) is 2.81. The number of carbonyl (C=O) groups excluding carboxylic acids is 1. The van der Waals surface area contributed by atoms with Crippen LogP contribution in [0.5, 0.6) is 0 Å². The van der Waals surface area contributed by atoms with Gasteiger partial charge in [-0.25, -0.2) is 0 Å². The highest BCUT2D eigenvalue weighted by Gasteiger charge is 2.55. The van der Waals surface area contributed by atoms with Crippen molar-refractivity contribution in [3.8, 4) is 0 Å². The lowest BCUT2D eigenvalue weighted by Gasteiger charge is -2.20. The Hall–Kier alpha value is -0.590. The molecule has 1 heteroatoms. The summed E-state index contributed by atoms with van der Waals surface area (Å²) in [6.07, 6.45) is 8.23. The van der Waals surface area contributed by atoms with Crippen molar-refractivity contribution < 1.29 is 4.79 Å². The van der Waals surface area contributed by atoms with Gasteiger partial charge in [-0.3, -0.25) is 4.79 Å². The van der Waals surface area contributed by atoms with E-state index in [1.807, 2.05) is 0 Å². The SMILES string of the molecule is CC1(C)C[C@H]2C3C=CCC3C[C@H]2C1=O. The predicted molar refractivity (Wildman–Crippen MR) is 55.7 cm³/mol. The van der Waals surface area contributed by atoms with Crippen molar-refractivity contribution in [2.45, 2.75) is 33.1 Å². The molecule has 0 spiro atoms. The lowest BCUT2D eigenvalue weighted by Crippen LogP contribution is -2.22. The van der Waals surface area contributed by atoms with Crippen LogP contribution in [-0.4, -0.2) is 5.78 Å². The molecule has 14 heavy (non-hydrogen) atoms. The minimum absolute atomic E-state index is 0.0310. The zero-order valence-electron chi connectivity index (χ0n) is 8.99. The molecule has 0 heterocycles. The molecule has 1 nitrogen and oxygen atoms in total. The van der Waals surface area contributed by atoms with E-state index in [0.29, 0.717) is 17.6 Å². The topological polar surface area (TPSA) is 17.1 Å². The number of ketones is 1. The minimum atomic E-state index is -0.0310. The van der Waals surface area contributed by atoms with Crippen LogP contribution in [0.2, 0.25) is 0 Å². The van der Waals surface area contributed by atoms with Crippen LogP contribution in [0, 0.1) is 29.1 Å². The summed E-state index contributed by atoms with van der Waals surface area (Å²) in [7, 11) is 0. The molecule has 3 aliphatic rings. The van der Waals surface area contributed by atoms with Gasteiger partial charge in [0.25, 0.3) is 0 Å². The fraction of sp³-hybridized carbons (Fsp3) is 0.769. The van der Waals surface area contributed by atoms with Gasteiger partial charge in [0.15, 0.2) is 0 Å². The Labute approximate surface area is 85.6 Å². The van der Waals surface area contributed by atoms with Gasteiger partial charge in [-0.05, 0) is 37.0 Å². The summed E-state index contributed by atoms with van der Waals surface area (Å²) in [5, 5.41) is 0. The highest BCUT2D eigenvalue weighted by atomic mass is 16.1. The fourth-order valence-electron chi connectivity index (χ4n) is 4.01. The summed E-state index contributed by atoms with van der Waals surface area (Å²) >= 11 is 0. The van der Waals surface area contributed by atoms with Gasteiger partial charge in [0.2, 0.25) is 0 Å². The smallest absolute Gasteiger partial charge is 0.141 e. The third-order valence-corrected chi connectivity index (χ3v) is 4.66. The molecule has 0 aromatic rings. The van der Waals surface area contributed by atoms with Gasteiger partial charge in [0, 0.05) is 11.3 Å². The van der Waals surface area contributed by atoms with Crippen LogP contribution in [0.1, 0.15) is 33.1 Å². The number of carbonyl (C=O) groups is 1. The number of fused-ring (bicyclic) bond motifs is 3. The molecule has 0 radical (unpaired) electrons. The molecule has 3 rings (SSSR count). The summed E-state index contributed by atoms with van der Waals surface area (Å²) in [6, 6.07) is 0. The van der Waals surface area contributed by atoms with E-state index < -0.39 is 0 Å². The third-order valence-electron chi connectivity index (χ3n) is 4.66. The lowest BCUT2D eigenvalue weighted by atomic mass is 9.83. The lowest BCUT2D eigenvalue weighted by molar-refractivity contribution is -0.127. The van der Waals surface area contributed by atoms with Gasteiger partial charge in [0.05, 0.1) is 0 Å². The first kappa shape index (κ1) is 8.70. The third kappa shape index (κ3) is 0.933. The standard InChI is InChI=1S/C13H18O/c1-13(2)7-11-9-5-3-4-8(9)6-10(11)12(13)14/h3,5,8-11H,4,6-7H2,1-2H3/t8?,9?,10-,11+/m1/s1. The number of hydrogen-bond donors (Lipinski definition) is 0. The van der Waals surface area contributed by atoms with E-state index in [4.69, 9.17) is 0 Å². The molecular formula is C13H18O. The Morgan fingerprint density at radius 1 is 1.43 bits per heavy atom. The zero-order chi connectivity index (χ0) is 9.92. The van der Waals surface area contributed by atoms with Crippen molar-refractivity contribution in [3.05, 3.63) is 12.2 Å². The van der Waals surface area contributed by atoms with Crippen molar-refractivity contribution in [2.24, 2.45) is 29.1 Å². The second-order valence-electron chi connectivity index (χ2n) is 5.96. The van der Waals surface area contributed by atoms with E-state index >= 15 is 0 Å². The molecule has 2 saturated carbocycles. The van der Waals surface area contributed by atoms with Crippen LogP contribution < -0.4 is 0 Å². The molecule has 4 atom stereocenters. The summed E-state index contributed by atoms with van der Waals surface area (Å²) in [5.74, 6) is 3.19. The first-order chi connectivity index (χ1) is 6.59. The van der Waals surface area contributed by atoms with Gasteiger partial charge in [-0.1, -0.05) is 26.0 Å². The molecule has 0 aromatic carbocycles. The van der Waals surface area contributed by atoms with E-state index in [2.05, 4.69) is 26.0 Å². The Morgan fingerprint density at radius 3 is 3.00 bits per heavy atom. The molecule has 0 bridgehead atoms. The van der Waals surface area contributed by atoms with Crippen LogP contribution >= 0.6 is 0 Å². The van der Waals surface area contributed by atoms with Gasteiger partial charge in [0.1, 0.15) is 5.78 Å². The molecule has 2 unspecified atom stereocenters. The quantitative estimate of drug-likeness (QED) is 0.537. The van der Waals surface area contributed by atoms with Crippen LogP contribution in [0.4, 0.5) is 0 Å². The molecule has 0 N–H and O–H groups in total. The van der Waals surface area contributed by atoms with Crippen molar-refractivity contribution in [1.82, 2.24) is 0 Å². The molecule has 0 saturated heterocycles. The van der Waals surface area contributed by atoms with E-state index in [-0.39, 0.29) is 5.41 Å². The number of hydrogen-bond acceptors (Lipinski definition) is 1. The largest absolute Gasteiger partial charge is 0.299 e. The molecule has 3 aliphatic carbocycles. The average molecular weight is 190 g/mol. The molecule has 2 fully saturated rings. The normalized spacial score (nSPS) is 48.3. The molecule has 0 aromatic heterocycles. The first-order valence-corrected chi connectivity index (χ1v) is 5.80. The second kappa shape index (κ2) is 2.50. The van der Waals surface area contributed by atoms with Crippen molar-refractivity contribution in [1.29, 1.82) is 0 Å². The number of rotatable bonds is 0. The fourth-order valence-corrected chi connectivity index (χ4v) is 4.01. The Balaban J connectivity index is 1.93. The number of Topliss-reactive ketones (excluding diaryl/α,β-unsaturated/α-hetero) is 1. The van der Waals surface area contributed by atoms with Crippen LogP contribution in [0.15, 0.2) is 12.2 Å². The second-order valence-corrected chi connectivity index (χ2v) is 5.96. The summed E-state index contributed by atoms with van der Waals surface area (Å²) in [4.78, 5) is 12.1. The van der Waals surface area contributed by atoms with Crippen LogP contribution in [-0.2, 0) is 4.79 Å². The van der Waals surface area contributed by atoms with Gasteiger partial charge < -0.3 is 0 Å².